The van der Waals surface area contributed by atoms with Crippen LogP contribution in [0.15, 0.2) is 23.1 Å². The topological polar surface area (TPSA) is 25.2 Å². The molecule has 0 aromatic carbocycles. The molecule has 3 heteroatoms. The third-order valence-electron chi connectivity index (χ3n) is 7.10. The summed E-state index contributed by atoms with van der Waals surface area (Å²) in [5.74, 6) is 0. The van der Waals surface area contributed by atoms with Gasteiger partial charge in [0.1, 0.15) is 0 Å². The molecule has 1 unspecified atom stereocenters. The summed E-state index contributed by atoms with van der Waals surface area (Å²) in [5, 5.41) is 2.26. The first-order valence-electron chi connectivity index (χ1n) is 10.1. The summed E-state index contributed by atoms with van der Waals surface area (Å²) in [5.41, 5.74) is 3.14. The molecule has 0 spiro atoms. The van der Waals surface area contributed by atoms with Gasteiger partial charge in [-0.3, -0.25) is 4.79 Å². The highest BCUT2D eigenvalue weighted by molar-refractivity contribution is 5.56. The number of rotatable bonds is 1. The van der Waals surface area contributed by atoms with E-state index < -0.39 is 0 Å². The van der Waals surface area contributed by atoms with E-state index >= 15 is 0 Å². The summed E-state index contributed by atoms with van der Waals surface area (Å²) in [6, 6.07) is 1.70. The Morgan fingerprint density at radius 3 is 2.64 bits per heavy atom. The van der Waals surface area contributed by atoms with Gasteiger partial charge in [0.15, 0.2) is 0 Å². The lowest BCUT2D eigenvalue weighted by atomic mass is 9.82. The Morgan fingerprint density at radius 2 is 1.84 bits per heavy atom. The minimum Gasteiger partial charge on any atom is -0.312 e. The van der Waals surface area contributed by atoms with Crippen molar-refractivity contribution in [2.24, 2.45) is 0 Å². The molecule has 3 atom stereocenters. The Balaban J connectivity index is 1.66. The monoisotopic (exact) mass is 336 g/mol. The lowest BCUT2D eigenvalue weighted by molar-refractivity contribution is 0.0390. The van der Waals surface area contributed by atoms with Crippen molar-refractivity contribution in [1.29, 1.82) is 0 Å². The number of allylic oxidation sites excluding steroid dienone is 2. The summed E-state index contributed by atoms with van der Waals surface area (Å²) in [4.78, 5) is 16.0. The van der Waals surface area contributed by atoms with Gasteiger partial charge in [0.2, 0.25) is 0 Å². The molecule has 2 aliphatic carbocycles. The van der Waals surface area contributed by atoms with Crippen molar-refractivity contribution >= 4 is 11.6 Å². The van der Waals surface area contributed by atoms with Gasteiger partial charge in [0, 0.05) is 29.5 Å². The van der Waals surface area contributed by atoms with Gasteiger partial charge in [-0.1, -0.05) is 24.1 Å². The molecular weight excluding hydrogens is 308 g/mol. The Kier molecular flexibility index (Phi) is 3.74. The predicted octanol–water partition coefficient (Wildman–Crippen LogP) is 2.26. The van der Waals surface area contributed by atoms with E-state index in [2.05, 4.69) is 40.9 Å². The molecule has 0 amide bonds. The fourth-order valence-corrected chi connectivity index (χ4v) is 5.75. The first-order chi connectivity index (χ1) is 12.2. The van der Waals surface area contributed by atoms with Crippen LogP contribution in [0.2, 0.25) is 0 Å². The smallest absolute Gasteiger partial charge is 0.258 e. The predicted molar refractivity (Wildman–Crippen MR) is 102 cm³/mol. The van der Waals surface area contributed by atoms with Crippen molar-refractivity contribution in [3.63, 3.8) is 0 Å². The van der Waals surface area contributed by atoms with E-state index in [-0.39, 0.29) is 5.56 Å². The van der Waals surface area contributed by atoms with Crippen molar-refractivity contribution in [2.75, 3.05) is 7.05 Å². The van der Waals surface area contributed by atoms with Gasteiger partial charge >= 0.3 is 0 Å². The van der Waals surface area contributed by atoms with E-state index in [4.69, 9.17) is 0 Å². The highest BCUT2D eigenvalue weighted by Gasteiger charge is 2.37. The van der Waals surface area contributed by atoms with Gasteiger partial charge in [0.05, 0.1) is 0 Å². The van der Waals surface area contributed by atoms with Gasteiger partial charge in [-0.2, -0.15) is 0 Å². The molecule has 2 bridgehead atoms. The van der Waals surface area contributed by atoms with Crippen molar-refractivity contribution in [1.82, 2.24) is 9.47 Å². The van der Waals surface area contributed by atoms with Gasteiger partial charge < -0.3 is 9.47 Å². The molecule has 5 rings (SSSR count). The van der Waals surface area contributed by atoms with Crippen LogP contribution >= 0.6 is 0 Å². The molecule has 25 heavy (non-hydrogen) atoms. The van der Waals surface area contributed by atoms with E-state index in [0.29, 0.717) is 18.1 Å². The molecule has 1 aromatic rings. The zero-order chi connectivity index (χ0) is 17.0. The van der Waals surface area contributed by atoms with E-state index in [9.17, 15) is 4.79 Å². The molecule has 4 aliphatic rings. The first-order valence-corrected chi connectivity index (χ1v) is 10.1. The van der Waals surface area contributed by atoms with Gasteiger partial charge in [-0.25, -0.2) is 0 Å². The average Bonchev–Trinajstić information content (AvgIpc) is 2.82. The maximum atomic E-state index is 13.4. The summed E-state index contributed by atoms with van der Waals surface area (Å²) in [6.45, 7) is 0. The summed E-state index contributed by atoms with van der Waals surface area (Å²) < 4.78 is 2.13. The molecule has 0 radical (unpaired) electrons. The lowest BCUT2D eigenvalue weighted by Gasteiger charge is -2.47. The van der Waals surface area contributed by atoms with Crippen LogP contribution in [-0.2, 0) is 6.42 Å². The second kappa shape index (κ2) is 5.98. The first kappa shape index (κ1) is 15.6. The van der Waals surface area contributed by atoms with Crippen molar-refractivity contribution in [3.05, 3.63) is 44.7 Å². The standard InChI is InChI=1S/C22H28N2O/c1-23-17-9-5-10-18(23)13-19(12-17)24-14-16-8-4-7-15-6-2-3-11-20(21(15)16)22(24)25/h2-3,11,14,17-19H,4-10,12-13H2,1H3/t17-,18+,19?. The van der Waals surface area contributed by atoms with Crippen LogP contribution in [0.3, 0.4) is 0 Å². The highest BCUT2D eigenvalue weighted by atomic mass is 16.1. The quantitative estimate of drug-likeness (QED) is 0.786. The fourth-order valence-electron chi connectivity index (χ4n) is 5.75. The van der Waals surface area contributed by atoms with Gasteiger partial charge in [0.25, 0.3) is 5.56 Å². The van der Waals surface area contributed by atoms with Crippen molar-refractivity contribution < 1.29 is 0 Å². The minimum absolute atomic E-state index is 0.248. The number of aryl methyl sites for hydroxylation is 1. The lowest BCUT2D eigenvalue weighted by Crippen LogP contribution is -2.54. The molecule has 2 saturated heterocycles. The molecule has 132 valence electrons. The molecule has 0 saturated carbocycles. The second-order valence-corrected chi connectivity index (χ2v) is 8.44. The maximum absolute atomic E-state index is 13.4. The maximum Gasteiger partial charge on any atom is 0.258 e. The van der Waals surface area contributed by atoms with Crippen LogP contribution in [0, 0.1) is 0 Å². The minimum atomic E-state index is 0.248. The zero-order valence-corrected chi connectivity index (χ0v) is 15.2. The Bertz CT molecular complexity index is 893. The van der Waals surface area contributed by atoms with Crippen LogP contribution in [0.5, 0.6) is 0 Å². The Labute approximate surface area is 149 Å². The molecule has 2 fully saturated rings. The Hall–Kier alpha value is -1.61. The Morgan fingerprint density at radius 1 is 1.04 bits per heavy atom. The van der Waals surface area contributed by atoms with Gasteiger partial charge in [-0.15, -0.1) is 0 Å². The number of pyridine rings is 1. The summed E-state index contributed by atoms with van der Waals surface area (Å²) in [6.07, 6.45) is 19.4. The van der Waals surface area contributed by atoms with Crippen molar-refractivity contribution in [2.45, 2.75) is 75.9 Å². The van der Waals surface area contributed by atoms with Crippen molar-refractivity contribution in [3.8, 4) is 0 Å². The highest BCUT2D eigenvalue weighted by Crippen LogP contribution is 2.37. The number of hydrogen-bond donors (Lipinski definition) is 0. The third-order valence-corrected chi connectivity index (χ3v) is 7.10. The fraction of sp³-hybridized carbons (Fsp3) is 0.591. The number of fused-ring (bicyclic) bond motifs is 2. The molecule has 3 nitrogen and oxygen atoms in total. The van der Waals surface area contributed by atoms with E-state index in [1.165, 1.54) is 42.0 Å². The zero-order valence-electron chi connectivity index (χ0n) is 15.2. The van der Waals surface area contributed by atoms with E-state index in [0.717, 1.165) is 37.3 Å². The molecule has 1 aromatic heterocycles. The molecular formula is C22H28N2O. The SMILES string of the molecule is CN1[C@@H]2CCC[C@H]1CC(n1cc3c4c(c1=O)=CC=CCC=4CCC3)C2. The average molecular weight is 336 g/mol. The third kappa shape index (κ3) is 2.47. The summed E-state index contributed by atoms with van der Waals surface area (Å²) in [7, 11) is 2.29. The number of aromatic nitrogens is 1. The van der Waals surface area contributed by atoms with E-state index in [1.54, 1.807) is 0 Å². The van der Waals surface area contributed by atoms with Crippen LogP contribution in [0.1, 0.15) is 63.0 Å². The number of piperidine rings is 2. The molecule has 0 N–H and O–H groups in total. The second-order valence-electron chi connectivity index (χ2n) is 8.44. The van der Waals surface area contributed by atoms with Crippen LogP contribution in [0.25, 0.3) is 11.6 Å². The van der Waals surface area contributed by atoms with Crippen LogP contribution in [0.4, 0.5) is 0 Å². The van der Waals surface area contributed by atoms with Crippen LogP contribution in [-0.4, -0.2) is 28.6 Å². The normalized spacial score (nSPS) is 31.2. The van der Waals surface area contributed by atoms with E-state index in [1.807, 2.05) is 0 Å². The van der Waals surface area contributed by atoms with Gasteiger partial charge in [-0.05, 0) is 75.3 Å². The van der Waals surface area contributed by atoms with Crippen LogP contribution < -0.4 is 16.0 Å². The molecule has 3 heterocycles. The largest absolute Gasteiger partial charge is 0.312 e. The summed E-state index contributed by atoms with van der Waals surface area (Å²) >= 11 is 0. The molecule has 2 aliphatic heterocycles. The number of hydrogen-bond acceptors (Lipinski definition) is 2. The number of nitrogens with zero attached hydrogens (tertiary/aromatic N) is 2.